The molecule has 0 fully saturated rings. The van der Waals surface area contributed by atoms with Gasteiger partial charge in [-0.1, -0.05) is 37.3 Å². The molecule has 1 heterocycles. The maximum Gasteiger partial charge on any atom is 0.191 e. The molecule has 1 aromatic carbocycles. The van der Waals surface area contributed by atoms with Crippen LogP contribution in [0.5, 0.6) is 0 Å². The van der Waals surface area contributed by atoms with Crippen LogP contribution in [0.2, 0.25) is 0 Å². The molecule has 0 saturated heterocycles. The van der Waals surface area contributed by atoms with Gasteiger partial charge in [-0.2, -0.15) is 0 Å². The Labute approximate surface area is 136 Å². The van der Waals surface area contributed by atoms with E-state index in [0.29, 0.717) is 5.92 Å². The summed E-state index contributed by atoms with van der Waals surface area (Å²) < 4.78 is 0. The summed E-state index contributed by atoms with van der Waals surface area (Å²) in [6.45, 7) is 5.95. The van der Waals surface area contributed by atoms with E-state index in [4.69, 9.17) is 0 Å². The summed E-state index contributed by atoms with van der Waals surface area (Å²) in [5.41, 5.74) is 2.48. The normalized spacial score (nSPS) is 13.0. The molecule has 0 saturated carbocycles. The van der Waals surface area contributed by atoms with Gasteiger partial charge < -0.3 is 10.6 Å². The fourth-order valence-corrected chi connectivity index (χ4v) is 2.85. The Morgan fingerprint density at radius 1 is 1.27 bits per heavy atom. The van der Waals surface area contributed by atoms with Crippen LogP contribution in [0.1, 0.15) is 29.1 Å². The number of hydrogen-bond acceptors (Lipinski definition) is 3. The molecule has 4 nitrogen and oxygen atoms in total. The Balaban J connectivity index is 1.73. The summed E-state index contributed by atoms with van der Waals surface area (Å²) in [4.78, 5) is 8.73. The monoisotopic (exact) mass is 316 g/mol. The second-order valence-electron chi connectivity index (χ2n) is 5.30. The quantitative estimate of drug-likeness (QED) is 0.636. The van der Waals surface area contributed by atoms with E-state index in [1.165, 1.54) is 5.56 Å². The highest BCUT2D eigenvalue weighted by Crippen LogP contribution is 2.12. The molecule has 5 heteroatoms. The van der Waals surface area contributed by atoms with Crippen molar-refractivity contribution in [2.24, 2.45) is 4.99 Å². The maximum absolute atomic E-state index is 4.47. The van der Waals surface area contributed by atoms with E-state index in [0.717, 1.165) is 36.2 Å². The number of aromatic nitrogens is 1. The van der Waals surface area contributed by atoms with Gasteiger partial charge in [0.05, 0.1) is 10.7 Å². The van der Waals surface area contributed by atoms with Gasteiger partial charge in [0.15, 0.2) is 5.96 Å². The molecule has 0 aliphatic carbocycles. The van der Waals surface area contributed by atoms with Gasteiger partial charge in [0, 0.05) is 31.9 Å². The van der Waals surface area contributed by atoms with E-state index < -0.39 is 0 Å². The minimum Gasteiger partial charge on any atom is -0.356 e. The Morgan fingerprint density at radius 2 is 2.05 bits per heavy atom. The number of nitrogens with one attached hydrogen (secondary N) is 2. The lowest BCUT2D eigenvalue weighted by atomic mass is 10.0. The average molecular weight is 316 g/mol. The summed E-state index contributed by atoms with van der Waals surface area (Å²) in [7, 11) is 1.80. The number of aryl methyl sites for hydroxylation is 1. The van der Waals surface area contributed by atoms with E-state index in [-0.39, 0.29) is 0 Å². The van der Waals surface area contributed by atoms with Crippen LogP contribution < -0.4 is 10.6 Å². The van der Waals surface area contributed by atoms with Gasteiger partial charge in [-0.05, 0) is 18.4 Å². The highest BCUT2D eigenvalue weighted by molar-refractivity contribution is 7.09. The lowest BCUT2D eigenvalue weighted by Crippen LogP contribution is -2.39. The molecule has 2 N–H and O–H groups in total. The highest BCUT2D eigenvalue weighted by atomic mass is 32.1. The van der Waals surface area contributed by atoms with Gasteiger partial charge in [-0.3, -0.25) is 4.99 Å². The first kappa shape index (κ1) is 16.5. The lowest BCUT2D eigenvalue weighted by molar-refractivity contribution is 0.697. The van der Waals surface area contributed by atoms with E-state index in [1.807, 2.05) is 13.0 Å². The number of aliphatic imine (C=N–C) groups is 1. The number of hydrogen-bond donors (Lipinski definition) is 2. The van der Waals surface area contributed by atoms with E-state index in [9.17, 15) is 0 Å². The van der Waals surface area contributed by atoms with Gasteiger partial charge >= 0.3 is 0 Å². The first-order chi connectivity index (χ1) is 10.7. The van der Waals surface area contributed by atoms with Crippen molar-refractivity contribution in [2.75, 3.05) is 20.1 Å². The fraction of sp³-hybridized carbons (Fsp3) is 0.412. The van der Waals surface area contributed by atoms with Crippen molar-refractivity contribution in [3.63, 3.8) is 0 Å². The van der Waals surface area contributed by atoms with Gasteiger partial charge in [-0.25, -0.2) is 4.98 Å². The molecule has 0 spiro atoms. The van der Waals surface area contributed by atoms with Crippen LogP contribution in [-0.2, 0) is 6.42 Å². The van der Waals surface area contributed by atoms with Crippen LogP contribution in [-0.4, -0.2) is 31.1 Å². The predicted octanol–water partition coefficient (Wildman–Crippen LogP) is 2.96. The molecular formula is C17H24N4S. The summed E-state index contributed by atoms with van der Waals surface area (Å²) in [5, 5.41) is 9.95. The zero-order chi connectivity index (χ0) is 15.8. The van der Waals surface area contributed by atoms with E-state index in [1.54, 1.807) is 18.4 Å². The van der Waals surface area contributed by atoms with Crippen LogP contribution in [0.4, 0.5) is 0 Å². The molecule has 118 valence electrons. The lowest BCUT2D eigenvalue weighted by Gasteiger charge is -2.16. The van der Waals surface area contributed by atoms with E-state index >= 15 is 0 Å². The molecule has 0 aliphatic rings. The highest BCUT2D eigenvalue weighted by Gasteiger charge is 2.06. The zero-order valence-corrected chi connectivity index (χ0v) is 14.3. The SMILES string of the molecule is CN=C(NCCc1csc(C)n1)NCC(C)c1ccccc1. The van der Waals surface area contributed by atoms with Crippen LogP contribution in [0, 0.1) is 6.92 Å². The molecule has 0 radical (unpaired) electrons. The molecule has 2 aromatic rings. The maximum atomic E-state index is 4.47. The molecule has 22 heavy (non-hydrogen) atoms. The minimum atomic E-state index is 0.445. The van der Waals surface area contributed by atoms with Crippen molar-refractivity contribution in [1.29, 1.82) is 0 Å². The average Bonchev–Trinajstić information content (AvgIpc) is 2.96. The molecule has 0 aliphatic heterocycles. The summed E-state index contributed by atoms with van der Waals surface area (Å²) in [6, 6.07) is 10.5. The van der Waals surface area contributed by atoms with Crippen LogP contribution in [0.15, 0.2) is 40.7 Å². The number of nitrogens with zero attached hydrogens (tertiary/aromatic N) is 2. The third kappa shape index (κ3) is 5.15. The zero-order valence-electron chi connectivity index (χ0n) is 13.5. The van der Waals surface area contributed by atoms with Crippen molar-refractivity contribution >= 4 is 17.3 Å². The van der Waals surface area contributed by atoms with Crippen molar-refractivity contribution < 1.29 is 0 Å². The van der Waals surface area contributed by atoms with Crippen LogP contribution in [0.3, 0.4) is 0 Å². The molecule has 0 bridgehead atoms. The smallest absolute Gasteiger partial charge is 0.191 e. The summed E-state index contributed by atoms with van der Waals surface area (Å²) in [6.07, 6.45) is 0.916. The molecule has 2 rings (SSSR count). The van der Waals surface area contributed by atoms with Gasteiger partial charge in [0.2, 0.25) is 0 Å². The fourth-order valence-electron chi connectivity index (χ4n) is 2.20. The number of thiazole rings is 1. The second-order valence-corrected chi connectivity index (χ2v) is 6.36. The van der Waals surface area contributed by atoms with Crippen molar-refractivity contribution in [1.82, 2.24) is 15.6 Å². The van der Waals surface area contributed by atoms with Crippen molar-refractivity contribution in [3.05, 3.63) is 52.0 Å². The number of benzene rings is 1. The topological polar surface area (TPSA) is 49.3 Å². The largest absolute Gasteiger partial charge is 0.356 e. The van der Waals surface area contributed by atoms with Gasteiger partial charge in [0.1, 0.15) is 0 Å². The van der Waals surface area contributed by atoms with Crippen molar-refractivity contribution in [3.8, 4) is 0 Å². The number of rotatable bonds is 6. The molecule has 1 aromatic heterocycles. The predicted molar refractivity (Wildman–Crippen MR) is 94.8 cm³/mol. The first-order valence-electron chi connectivity index (χ1n) is 7.59. The van der Waals surface area contributed by atoms with Gasteiger partial charge in [-0.15, -0.1) is 11.3 Å². The molecule has 0 amide bonds. The van der Waals surface area contributed by atoms with E-state index in [2.05, 4.69) is 57.2 Å². The Hall–Kier alpha value is -1.88. The summed E-state index contributed by atoms with van der Waals surface area (Å²) >= 11 is 1.70. The van der Waals surface area contributed by atoms with Crippen LogP contribution >= 0.6 is 11.3 Å². The third-order valence-corrected chi connectivity index (χ3v) is 4.33. The minimum absolute atomic E-state index is 0.445. The summed E-state index contributed by atoms with van der Waals surface area (Å²) in [5.74, 6) is 1.29. The Bertz CT molecular complexity index is 592. The second kappa shape index (κ2) is 8.54. The Kier molecular flexibility index (Phi) is 6.40. The number of guanidine groups is 1. The first-order valence-corrected chi connectivity index (χ1v) is 8.47. The molecule has 1 atom stereocenters. The third-order valence-electron chi connectivity index (χ3n) is 3.51. The molecule has 1 unspecified atom stereocenters. The molecular weight excluding hydrogens is 292 g/mol. The van der Waals surface area contributed by atoms with Gasteiger partial charge in [0.25, 0.3) is 0 Å². The van der Waals surface area contributed by atoms with Crippen molar-refractivity contribution in [2.45, 2.75) is 26.2 Å². The van der Waals surface area contributed by atoms with Crippen LogP contribution in [0.25, 0.3) is 0 Å². The Morgan fingerprint density at radius 3 is 2.68 bits per heavy atom. The standard InChI is InChI=1S/C17H24N4S/c1-13(15-7-5-4-6-8-15)11-20-17(18-3)19-10-9-16-12-22-14(2)21-16/h4-8,12-13H,9-11H2,1-3H3,(H2,18,19,20).